The molecule has 5 rings (SSSR count). The maximum Gasteiger partial charge on any atom is 0.231 e. The lowest BCUT2D eigenvalue weighted by Crippen LogP contribution is -2.21. The van der Waals surface area contributed by atoms with Crippen LogP contribution in [0.4, 0.5) is 4.39 Å². The molecule has 0 saturated heterocycles. The Morgan fingerprint density at radius 1 is 1.15 bits per heavy atom. The second-order valence-electron chi connectivity index (χ2n) is 7.58. The maximum atomic E-state index is 14.0. The van der Waals surface area contributed by atoms with E-state index in [1.165, 1.54) is 13.2 Å². The van der Waals surface area contributed by atoms with Crippen LogP contribution in [0.2, 0.25) is 5.02 Å². The molecule has 0 saturated carbocycles. The molecule has 9 heteroatoms. The van der Waals surface area contributed by atoms with E-state index in [2.05, 4.69) is 6.07 Å². The van der Waals surface area contributed by atoms with Crippen molar-refractivity contribution in [3.63, 3.8) is 0 Å². The van der Waals surface area contributed by atoms with Crippen molar-refractivity contribution in [2.24, 2.45) is 5.73 Å². The predicted molar refractivity (Wildman–Crippen MR) is 121 cm³/mol. The van der Waals surface area contributed by atoms with Gasteiger partial charge in [-0.1, -0.05) is 29.8 Å². The second kappa shape index (κ2) is 8.69. The monoisotopic (exact) mass is 480 g/mol. The van der Waals surface area contributed by atoms with Gasteiger partial charge in [-0.15, -0.1) is 0 Å². The Kier molecular flexibility index (Phi) is 5.56. The van der Waals surface area contributed by atoms with E-state index in [0.29, 0.717) is 39.7 Å². The lowest BCUT2D eigenvalue weighted by Gasteiger charge is -2.27. The van der Waals surface area contributed by atoms with Gasteiger partial charge in [0.25, 0.3) is 0 Å². The van der Waals surface area contributed by atoms with Gasteiger partial charge in [0.1, 0.15) is 29.8 Å². The topological polar surface area (TPSA) is 96.0 Å². The molecule has 3 aromatic carbocycles. The second-order valence-corrected chi connectivity index (χ2v) is 7.99. The number of nitrogens with two attached hydrogens (primary N) is 1. The Hall–Kier alpha value is -4.09. The molecule has 7 nitrogen and oxygen atoms in total. The minimum atomic E-state index is -0.602. The molecule has 0 aromatic heterocycles. The Morgan fingerprint density at radius 3 is 2.65 bits per heavy atom. The highest BCUT2D eigenvalue weighted by Crippen LogP contribution is 2.50. The summed E-state index contributed by atoms with van der Waals surface area (Å²) in [5.74, 6) is 1.08. The van der Waals surface area contributed by atoms with Crippen LogP contribution in [0.1, 0.15) is 22.6 Å². The normalized spacial score (nSPS) is 15.9. The minimum Gasteiger partial charge on any atom is -0.493 e. The van der Waals surface area contributed by atoms with E-state index in [1.54, 1.807) is 42.5 Å². The summed E-state index contributed by atoms with van der Waals surface area (Å²) < 4.78 is 42.0. The Labute approximate surface area is 199 Å². The molecule has 172 valence electrons. The van der Waals surface area contributed by atoms with Crippen molar-refractivity contribution in [1.29, 1.82) is 5.26 Å². The van der Waals surface area contributed by atoms with Crippen molar-refractivity contribution < 1.29 is 28.1 Å². The van der Waals surface area contributed by atoms with Crippen LogP contribution in [-0.2, 0) is 6.61 Å². The molecule has 0 amide bonds. The van der Waals surface area contributed by atoms with Crippen molar-refractivity contribution >= 4 is 11.6 Å². The molecule has 0 spiro atoms. The highest BCUT2D eigenvalue weighted by Gasteiger charge is 2.34. The lowest BCUT2D eigenvalue weighted by molar-refractivity contribution is 0.174. The summed E-state index contributed by atoms with van der Waals surface area (Å²) in [4.78, 5) is 0. The number of benzene rings is 3. The number of nitriles is 1. The molecule has 2 aliphatic heterocycles. The lowest BCUT2D eigenvalue weighted by atomic mass is 9.83. The van der Waals surface area contributed by atoms with Crippen LogP contribution in [0.3, 0.4) is 0 Å². The van der Waals surface area contributed by atoms with Crippen molar-refractivity contribution in [3.8, 4) is 34.8 Å². The average Bonchev–Trinajstić information content (AvgIpc) is 3.29. The van der Waals surface area contributed by atoms with Crippen LogP contribution in [-0.4, -0.2) is 13.9 Å². The number of hydrogen-bond acceptors (Lipinski definition) is 7. The molecule has 2 heterocycles. The highest BCUT2D eigenvalue weighted by molar-refractivity contribution is 6.32. The first kappa shape index (κ1) is 21.7. The van der Waals surface area contributed by atoms with Crippen molar-refractivity contribution in [3.05, 3.63) is 87.5 Å². The summed E-state index contributed by atoms with van der Waals surface area (Å²) >= 11 is 6.58. The van der Waals surface area contributed by atoms with Gasteiger partial charge in [0.15, 0.2) is 23.0 Å². The number of hydrogen-bond donors (Lipinski definition) is 1. The van der Waals surface area contributed by atoms with Gasteiger partial charge in [-0.05, 0) is 29.8 Å². The van der Waals surface area contributed by atoms with E-state index in [0.717, 1.165) is 0 Å². The summed E-state index contributed by atoms with van der Waals surface area (Å²) in [6.07, 6.45) is 0. The summed E-state index contributed by atoms with van der Waals surface area (Å²) in [5.41, 5.74) is 7.96. The van der Waals surface area contributed by atoms with Crippen molar-refractivity contribution in [1.82, 2.24) is 0 Å². The molecular formula is C25H18ClFN2O5. The quantitative estimate of drug-likeness (QED) is 0.548. The molecule has 0 fully saturated rings. The molecule has 2 aliphatic rings. The molecule has 0 bridgehead atoms. The first-order valence-corrected chi connectivity index (χ1v) is 10.6. The van der Waals surface area contributed by atoms with E-state index < -0.39 is 5.92 Å². The van der Waals surface area contributed by atoms with Gasteiger partial charge in [-0.3, -0.25) is 0 Å². The molecule has 2 N–H and O–H groups in total. The fourth-order valence-electron chi connectivity index (χ4n) is 4.00. The van der Waals surface area contributed by atoms with Crippen molar-refractivity contribution in [2.45, 2.75) is 12.5 Å². The highest BCUT2D eigenvalue weighted by atomic mass is 35.5. The number of halogens is 2. The zero-order valence-electron chi connectivity index (χ0n) is 17.9. The molecular weight excluding hydrogens is 463 g/mol. The first-order valence-electron chi connectivity index (χ1n) is 10.2. The van der Waals surface area contributed by atoms with Crippen LogP contribution < -0.4 is 29.4 Å². The number of allylic oxidation sites excluding steroid dienone is 1. The number of methoxy groups -OCH3 is 1. The third-order valence-corrected chi connectivity index (χ3v) is 5.91. The van der Waals surface area contributed by atoms with Crippen LogP contribution in [0.5, 0.6) is 28.7 Å². The Morgan fingerprint density at radius 2 is 1.91 bits per heavy atom. The fourth-order valence-corrected chi connectivity index (χ4v) is 4.28. The molecule has 3 aromatic rings. The van der Waals surface area contributed by atoms with Gasteiger partial charge in [0, 0.05) is 17.2 Å². The largest absolute Gasteiger partial charge is 0.493 e. The zero-order chi connectivity index (χ0) is 23.8. The van der Waals surface area contributed by atoms with E-state index in [1.807, 2.05) is 0 Å². The summed E-state index contributed by atoms with van der Waals surface area (Å²) in [6, 6.07) is 15.2. The molecule has 0 aliphatic carbocycles. The Bertz CT molecular complexity index is 1370. The van der Waals surface area contributed by atoms with Gasteiger partial charge in [0.2, 0.25) is 12.7 Å². The van der Waals surface area contributed by atoms with E-state index in [9.17, 15) is 9.65 Å². The van der Waals surface area contributed by atoms with Gasteiger partial charge >= 0.3 is 0 Å². The smallest absolute Gasteiger partial charge is 0.231 e. The number of ether oxygens (including phenoxy) is 5. The SMILES string of the molecule is COc1cc([C@@H]2C(C#N)=C(N)Oc3cc4c(cc32)OCO4)cc(Cl)c1OCc1ccccc1F. The van der Waals surface area contributed by atoms with Gasteiger partial charge in [-0.2, -0.15) is 5.26 Å². The number of fused-ring (bicyclic) bond motifs is 2. The maximum absolute atomic E-state index is 14.0. The zero-order valence-corrected chi connectivity index (χ0v) is 18.7. The summed E-state index contributed by atoms with van der Waals surface area (Å²) in [5, 5.41) is 10.1. The van der Waals surface area contributed by atoms with Crippen LogP contribution in [0.15, 0.2) is 60.0 Å². The standard InChI is InChI=1S/C25H18ClFN2O5/c1-30-22-7-14(6-17(26)24(22)31-11-13-4-2-3-5-18(13)27)23-15-8-20-21(33-12-32-20)9-19(15)34-25(29)16(23)10-28/h2-9,23H,11-12,29H2,1H3/t23-/m0/s1. The summed E-state index contributed by atoms with van der Waals surface area (Å²) in [6.45, 7) is 0.0482. The fraction of sp³-hybridized carbons (Fsp3) is 0.160. The minimum absolute atomic E-state index is 0.0196. The van der Waals surface area contributed by atoms with Crippen LogP contribution in [0, 0.1) is 17.1 Å². The summed E-state index contributed by atoms with van der Waals surface area (Å²) in [7, 11) is 1.47. The van der Waals surface area contributed by atoms with Gasteiger partial charge in [0.05, 0.1) is 18.1 Å². The van der Waals surface area contributed by atoms with Crippen LogP contribution >= 0.6 is 11.6 Å². The molecule has 0 unspecified atom stereocenters. The van der Waals surface area contributed by atoms with Gasteiger partial charge in [-0.25, -0.2) is 4.39 Å². The van der Waals surface area contributed by atoms with Gasteiger partial charge < -0.3 is 29.4 Å². The molecule has 1 atom stereocenters. The average molecular weight is 481 g/mol. The van der Waals surface area contributed by atoms with E-state index >= 15 is 0 Å². The number of rotatable bonds is 5. The third-order valence-electron chi connectivity index (χ3n) is 5.63. The predicted octanol–water partition coefficient (Wildman–Crippen LogP) is 5.01. The first-order chi connectivity index (χ1) is 16.5. The third kappa shape index (κ3) is 3.70. The van der Waals surface area contributed by atoms with E-state index in [4.69, 9.17) is 41.0 Å². The Balaban J connectivity index is 1.56. The molecule has 34 heavy (non-hydrogen) atoms. The van der Waals surface area contributed by atoms with Crippen molar-refractivity contribution in [2.75, 3.05) is 13.9 Å². The van der Waals surface area contributed by atoms with E-state index in [-0.39, 0.29) is 41.4 Å². The number of nitrogens with zero attached hydrogens (tertiary/aromatic N) is 1. The molecule has 0 radical (unpaired) electrons. The van der Waals surface area contributed by atoms with Crippen LogP contribution in [0.25, 0.3) is 0 Å².